The third-order valence-electron chi connectivity index (χ3n) is 4.85. The molecular formula is C18H21N5O4. The maximum Gasteiger partial charge on any atom is 0.259 e. The van der Waals surface area contributed by atoms with E-state index in [1.165, 1.54) is 6.39 Å². The second kappa shape index (κ2) is 6.99. The van der Waals surface area contributed by atoms with Gasteiger partial charge in [0.1, 0.15) is 29.0 Å². The van der Waals surface area contributed by atoms with E-state index in [1.54, 1.807) is 32.1 Å². The molecule has 0 unspecified atom stereocenters. The van der Waals surface area contributed by atoms with Crippen molar-refractivity contribution in [3.05, 3.63) is 40.9 Å². The summed E-state index contributed by atoms with van der Waals surface area (Å²) < 4.78 is 17.4. The van der Waals surface area contributed by atoms with Crippen LogP contribution in [0.4, 0.5) is 0 Å². The van der Waals surface area contributed by atoms with Crippen molar-refractivity contribution in [2.45, 2.75) is 33.4 Å². The average molecular weight is 371 g/mol. The summed E-state index contributed by atoms with van der Waals surface area (Å²) in [6.07, 6.45) is 3.66. The molecule has 0 saturated carbocycles. The van der Waals surface area contributed by atoms with Crippen molar-refractivity contribution in [2.24, 2.45) is 0 Å². The molecule has 4 heterocycles. The number of hydrogen-bond donors (Lipinski definition) is 0. The second-order valence-corrected chi connectivity index (χ2v) is 6.54. The monoisotopic (exact) mass is 371 g/mol. The number of fused-ring (bicyclic) bond motifs is 1. The number of amides is 1. The third kappa shape index (κ3) is 3.03. The number of hydrogen-bond acceptors (Lipinski definition) is 7. The van der Waals surface area contributed by atoms with Crippen LogP contribution in [-0.4, -0.2) is 51.0 Å². The van der Waals surface area contributed by atoms with Crippen LogP contribution in [0.25, 0.3) is 11.4 Å². The van der Waals surface area contributed by atoms with E-state index >= 15 is 0 Å². The number of rotatable bonds is 5. The van der Waals surface area contributed by atoms with Gasteiger partial charge in [-0.2, -0.15) is 5.10 Å². The van der Waals surface area contributed by atoms with Gasteiger partial charge in [0.2, 0.25) is 0 Å². The van der Waals surface area contributed by atoms with Gasteiger partial charge in [-0.25, -0.2) is 4.98 Å². The van der Waals surface area contributed by atoms with Crippen molar-refractivity contribution in [3.63, 3.8) is 0 Å². The summed E-state index contributed by atoms with van der Waals surface area (Å²) in [5.74, 6) is 0.462. The van der Waals surface area contributed by atoms with Crippen LogP contribution in [-0.2, 0) is 24.2 Å². The highest BCUT2D eigenvalue weighted by molar-refractivity contribution is 5.96. The molecule has 4 rings (SSSR count). The fourth-order valence-electron chi connectivity index (χ4n) is 3.51. The van der Waals surface area contributed by atoms with E-state index < -0.39 is 0 Å². The smallest absolute Gasteiger partial charge is 0.259 e. The number of carbonyl (C=O) groups excluding carboxylic acids is 1. The van der Waals surface area contributed by atoms with Gasteiger partial charge in [-0.1, -0.05) is 5.16 Å². The van der Waals surface area contributed by atoms with Crippen molar-refractivity contribution in [1.29, 1.82) is 0 Å². The van der Waals surface area contributed by atoms with E-state index in [0.29, 0.717) is 55.4 Å². The molecule has 0 radical (unpaired) electrons. The van der Waals surface area contributed by atoms with Crippen LogP contribution in [0, 0.1) is 13.8 Å². The van der Waals surface area contributed by atoms with Crippen LogP contribution in [0.15, 0.2) is 21.6 Å². The highest BCUT2D eigenvalue weighted by Crippen LogP contribution is 2.30. The minimum Gasteiger partial charge on any atom is -0.451 e. The molecule has 1 aliphatic rings. The maximum atomic E-state index is 13.0. The van der Waals surface area contributed by atoms with Crippen molar-refractivity contribution in [2.75, 3.05) is 20.3 Å². The van der Waals surface area contributed by atoms with Crippen molar-refractivity contribution >= 4 is 5.91 Å². The summed E-state index contributed by atoms with van der Waals surface area (Å²) in [5.41, 5.74) is 4.64. The molecule has 0 fully saturated rings. The summed E-state index contributed by atoms with van der Waals surface area (Å²) in [5, 5.41) is 8.61. The summed E-state index contributed by atoms with van der Waals surface area (Å²) in [7, 11) is 1.67. The number of ether oxygens (including phenoxy) is 1. The van der Waals surface area contributed by atoms with E-state index in [2.05, 4.69) is 10.1 Å². The lowest BCUT2D eigenvalue weighted by atomic mass is 10.0. The summed E-state index contributed by atoms with van der Waals surface area (Å²) >= 11 is 0. The van der Waals surface area contributed by atoms with Crippen LogP contribution in [0.3, 0.4) is 0 Å². The fraction of sp³-hybridized carbons (Fsp3) is 0.444. The quantitative estimate of drug-likeness (QED) is 0.676. The maximum absolute atomic E-state index is 13.0. The molecule has 3 aromatic rings. The van der Waals surface area contributed by atoms with Gasteiger partial charge in [0, 0.05) is 31.3 Å². The van der Waals surface area contributed by atoms with Crippen LogP contribution < -0.4 is 0 Å². The Morgan fingerprint density at radius 3 is 2.89 bits per heavy atom. The molecule has 1 amide bonds. The van der Waals surface area contributed by atoms with Gasteiger partial charge in [0.05, 0.1) is 25.4 Å². The Hall–Kier alpha value is -2.94. The molecular weight excluding hydrogens is 350 g/mol. The number of methoxy groups -OCH3 is 1. The van der Waals surface area contributed by atoms with Gasteiger partial charge in [-0.15, -0.1) is 0 Å². The van der Waals surface area contributed by atoms with E-state index in [-0.39, 0.29) is 5.91 Å². The average Bonchev–Trinajstić information content (AvgIpc) is 3.38. The molecule has 0 aliphatic carbocycles. The lowest BCUT2D eigenvalue weighted by Crippen LogP contribution is -2.37. The zero-order valence-corrected chi connectivity index (χ0v) is 15.6. The molecule has 27 heavy (non-hydrogen) atoms. The molecule has 9 heteroatoms. The summed E-state index contributed by atoms with van der Waals surface area (Å²) in [6.45, 7) is 5.80. The number of nitrogens with zero attached hydrogens (tertiary/aromatic N) is 5. The Labute approximate surface area is 155 Å². The minimum absolute atomic E-state index is 0.0763. The molecule has 1 aliphatic heterocycles. The lowest BCUT2D eigenvalue weighted by Gasteiger charge is -2.27. The number of aromatic nitrogens is 4. The summed E-state index contributed by atoms with van der Waals surface area (Å²) in [6, 6.07) is 0. The Morgan fingerprint density at radius 2 is 2.22 bits per heavy atom. The van der Waals surface area contributed by atoms with Crippen molar-refractivity contribution in [1.82, 2.24) is 24.8 Å². The van der Waals surface area contributed by atoms with E-state index in [0.717, 1.165) is 17.0 Å². The van der Waals surface area contributed by atoms with Gasteiger partial charge in [0.15, 0.2) is 6.39 Å². The van der Waals surface area contributed by atoms with Gasteiger partial charge in [-0.05, 0) is 13.8 Å². The molecule has 0 bridgehead atoms. The predicted octanol–water partition coefficient (Wildman–Crippen LogP) is 1.99. The first-order valence-corrected chi connectivity index (χ1v) is 8.78. The number of carbonyl (C=O) groups is 1. The first-order valence-electron chi connectivity index (χ1n) is 8.78. The highest BCUT2D eigenvalue weighted by atomic mass is 16.5. The van der Waals surface area contributed by atoms with E-state index in [4.69, 9.17) is 18.8 Å². The summed E-state index contributed by atoms with van der Waals surface area (Å²) in [4.78, 5) is 19.1. The minimum atomic E-state index is -0.0763. The van der Waals surface area contributed by atoms with Crippen LogP contribution >= 0.6 is 0 Å². The Bertz CT molecular complexity index is 937. The first kappa shape index (κ1) is 17.5. The van der Waals surface area contributed by atoms with Crippen LogP contribution in [0.2, 0.25) is 0 Å². The largest absolute Gasteiger partial charge is 0.451 e. The topological polar surface area (TPSA) is 99.4 Å². The molecule has 0 spiro atoms. The third-order valence-corrected chi connectivity index (χ3v) is 4.85. The van der Waals surface area contributed by atoms with Crippen molar-refractivity contribution < 1.29 is 18.5 Å². The molecule has 0 saturated heterocycles. The molecule has 0 aromatic carbocycles. The lowest BCUT2D eigenvalue weighted by molar-refractivity contribution is 0.0730. The normalized spacial score (nSPS) is 13.8. The van der Waals surface area contributed by atoms with Gasteiger partial charge >= 0.3 is 0 Å². The number of oxazole rings is 1. The molecule has 0 N–H and O–H groups in total. The Kier molecular flexibility index (Phi) is 4.53. The Morgan fingerprint density at radius 1 is 1.37 bits per heavy atom. The van der Waals surface area contributed by atoms with Gasteiger partial charge < -0.3 is 18.6 Å². The zero-order chi connectivity index (χ0) is 19.0. The SMILES string of the molecule is COCCn1nc(-c2cocn2)c2c1CCN(C(=O)c1c(C)noc1C)C2. The molecule has 0 atom stereocenters. The fourth-order valence-corrected chi connectivity index (χ4v) is 3.51. The van der Waals surface area contributed by atoms with Crippen molar-refractivity contribution in [3.8, 4) is 11.4 Å². The Balaban J connectivity index is 1.69. The molecule has 9 nitrogen and oxygen atoms in total. The van der Waals surface area contributed by atoms with E-state index in [9.17, 15) is 4.79 Å². The van der Waals surface area contributed by atoms with Crippen LogP contribution in [0.1, 0.15) is 33.1 Å². The highest BCUT2D eigenvalue weighted by Gasteiger charge is 2.31. The van der Waals surface area contributed by atoms with E-state index in [1.807, 2.05) is 4.68 Å². The second-order valence-electron chi connectivity index (χ2n) is 6.54. The predicted molar refractivity (Wildman–Crippen MR) is 94.0 cm³/mol. The first-order chi connectivity index (χ1) is 13.1. The standard InChI is InChI=1S/C18H21N5O4/c1-11-16(12(2)27-21-11)18(24)22-5-4-15-13(8-22)17(14-9-26-10-19-14)20-23(15)6-7-25-3/h9-10H,4-8H2,1-3H3. The zero-order valence-electron chi connectivity index (χ0n) is 15.6. The molecule has 142 valence electrons. The van der Waals surface area contributed by atoms with Gasteiger partial charge in [0.25, 0.3) is 5.91 Å². The number of aryl methyl sites for hydroxylation is 2. The molecule has 3 aromatic heterocycles. The van der Waals surface area contributed by atoms with Crippen LogP contribution in [0.5, 0.6) is 0 Å². The van der Waals surface area contributed by atoms with Gasteiger partial charge in [-0.3, -0.25) is 9.48 Å².